The summed E-state index contributed by atoms with van der Waals surface area (Å²) >= 11 is 0. The SMILES string of the molecule is COC(=O)[C@H](Cc1c[nH]cn1)n1c(=O)c2cccc3[nH]c(nc32)c2cc1ccn2. The van der Waals surface area contributed by atoms with Gasteiger partial charge in [0.25, 0.3) is 5.56 Å². The van der Waals surface area contributed by atoms with E-state index in [4.69, 9.17) is 4.74 Å². The van der Waals surface area contributed by atoms with Crippen LogP contribution in [0.15, 0.2) is 53.8 Å². The monoisotopic (exact) mass is 388 g/mol. The van der Waals surface area contributed by atoms with Gasteiger partial charge in [0, 0.05) is 24.3 Å². The highest BCUT2D eigenvalue weighted by molar-refractivity contribution is 5.97. The minimum atomic E-state index is -0.906. The number of ether oxygens (including phenoxy) is 1. The second-order valence-electron chi connectivity index (χ2n) is 6.67. The number of H-pyrrole nitrogens is 2. The molecule has 29 heavy (non-hydrogen) atoms. The molecule has 0 amide bonds. The van der Waals surface area contributed by atoms with Crippen molar-refractivity contribution in [2.45, 2.75) is 12.5 Å². The maximum atomic E-state index is 13.7. The van der Waals surface area contributed by atoms with E-state index in [0.717, 1.165) is 5.52 Å². The Bertz CT molecular complexity index is 1420. The van der Waals surface area contributed by atoms with Crippen molar-refractivity contribution in [2.24, 2.45) is 0 Å². The van der Waals surface area contributed by atoms with E-state index < -0.39 is 12.0 Å². The number of aromatic amines is 2. The Morgan fingerprint density at radius 3 is 2.97 bits per heavy atom. The fourth-order valence-electron chi connectivity index (χ4n) is 3.61. The fourth-order valence-corrected chi connectivity index (χ4v) is 3.61. The molecule has 9 heteroatoms. The zero-order valence-electron chi connectivity index (χ0n) is 15.4. The van der Waals surface area contributed by atoms with Crippen molar-refractivity contribution in [1.82, 2.24) is 29.5 Å². The molecule has 2 N–H and O–H groups in total. The van der Waals surface area contributed by atoms with Crippen molar-refractivity contribution in [3.63, 3.8) is 0 Å². The summed E-state index contributed by atoms with van der Waals surface area (Å²) < 4.78 is 6.47. The molecule has 0 aliphatic rings. The molecule has 144 valence electrons. The number of hydrogen-bond donors (Lipinski definition) is 2. The Balaban J connectivity index is 1.92. The number of aromatic nitrogens is 6. The molecule has 1 atom stereocenters. The van der Waals surface area contributed by atoms with Gasteiger partial charge in [0.15, 0.2) is 5.65 Å². The number of pyridine rings is 1. The first-order chi connectivity index (χ1) is 14.2. The highest BCUT2D eigenvalue weighted by Crippen LogP contribution is 2.22. The standard InChI is InChI=1S/C20H16N6O3/c1-29-20(28)16(7-11-9-21-10-23-11)26-12-5-6-22-15(8-12)18-24-14-4-2-3-13(19(26)27)17(14)25-18/h2-6,8-10,16H,7H2,1H3,(H,21,23)(H,24,25)/t16-/m0/s1. The van der Waals surface area contributed by atoms with Gasteiger partial charge in [0.2, 0.25) is 0 Å². The average Bonchev–Trinajstić information content (AvgIpc) is 3.41. The lowest BCUT2D eigenvalue weighted by Crippen LogP contribution is -2.31. The van der Waals surface area contributed by atoms with Gasteiger partial charge < -0.3 is 14.7 Å². The van der Waals surface area contributed by atoms with Crippen molar-refractivity contribution in [2.75, 3.05) is 7.11 Å². The Hall–Kier alpha value is -4.01. The second kappa shape index (κ2) is 6.55. The highest BCUT2D eigenvalue weighted by Gasteiger charge is 2.25. The largest absolute Gasteiger partial charge is 0.467 e. The molecule has 1 aromatic carbocycles. The maximum absolute atomic E-state index is 13.7. The van der Waals surface area contributed by atoms with Crippen LogP contribution in [0.3, 0.4) is 0 Å². The quantitative estimate of drug-likeness (QED) is 0.455. The first-order valence-corrected chi connectivity index (χ1v) is 9.00. The molecule has 0 unspecified atom stereocenters. The van der Waals surface area contributed by atoms with E-state index in [2.05, 4.69) is 24.9 Å². The van der Waals surface area contributed by atoms with E-state index >= 15 is 0 Å². The van der Waals surface area contributed by atoms with Crippen molar-refractivity contribution < 1.29 is 9.53 Å². The topological polar surface area (TPSA) is 119 Å². The van der Waals surface area contributed by atoms with Gasteiger partial charge in [-0.1, -0.05) is 6.07 Å². The molecule has 0 saturated carbocycles. The summed E-state index contributed by atoms with van der Waals surface area (Å²) in [6.45, 7) is 0. The molecule has 5 rings (SSSR count). The molecule has 0 spiro atoms. The lowest BCUT2D eigenvalue weighted by molar-refractivity contribution is -0.144. The number of esters is 1. The van der Waals surface area contributed by atoms with Gasteiger partial charge in [0.1, 0.15) is 17.1 Å². The summed E-state index contributed by atoms with van der Waals surface area (Å²) in [5.74, 6) is -0.534. The van der Waals surface area contributed by atoms with Gasteiger partial charge in [-0.3, -0.25) is 14.3 Å². The van der Waals surface area contributed by atoms with E-state index in [1.54, 1.807) is 36.7 Å². The maximum Gasteiger partial charge on any atom is 0.329 e. The van der Waals surface area contributed by atoms with E-state index in [0.29, 0.717) is 33.3 Å². The number of nitrogens with zero attached hydrogens (tertiary/aromatic N) is 4. The van der Waals surface area contributed by atoms with Gasteiger partial charge in [-0.15, -0.1) is 0 Å². The Kier molecular flexibility index (Phi) is 3.87. The Morgan fingerprint density at radius 2 is 2.17 bits per heavy atom. The normalized spacial score (nSPS) is 12.6. The summed E-state index contributed by atoms with van der Waals surface area (Å²) in [5, 5.41) is 0.392. The van der Waals surface area contributed by atoms with Crippen molar-refractivity contribution >= 4 is 39.1 Å². The fraction of sp³-hybridized carbons (Fsp3) is 0.150. The zero-order valence-corrected chi connectivity index (χ0v) is 15.4. The summed E-state index contributed by atoms with van der Waals surface area (Å²) in [6, 6.07) is 7.85. The average molecular weight is 388 g/mol. The minimum Gasteiger partial charge on any atom is -0.467 e. The van der Waals surface area contributed by atoms with Crippen molar-refractivity contribution in [1.29, 1.82) is 0 Å². The predicted molar refractivity (Wildman–Crippen MR) is 107 cm³/mol. The molecule has 4 bridgehead atoms. The number of para-hydroxylation sites is 1. The van der Waals surface area contributed by atoms with Crippen LogP contribution in [0.5, 0.6) is 0 Å². The van der Waals surface area contributed by atoms with Crippen molar-refractivity contribution in [3.8, 4) is 0 Å². The Morgan fingerprint density at radius 1 is 1.28 bits per heavy atom. The predicted octanol–water partition coefficient (Wildman–Crippen LogP) is 2.11. The van der Waals surface area contributed by atoms with Crippen LogP contribution in [-0.2, 0) is 16.0 Å². The van der Waals surface area contributed by atoms with Gasteiger partial charge in [0.05, 0.1) is 30.0 Å². The van der Waals surface area contributed by atoms with Crippen LogP contribution in [0, 0.1) is 0 Å². The van der Waals surface area contributed by atoms with E-state index in [9.17, 15) is 9.59 Å². The van der Waals surface area contributed by atoms with Gasteiger partial charge in [-0.25, -0.2) is 14.8 Å². The molecule has 0 aliphatic carbocycles. The van der Waals surface area contributed by atoms with Crippen LogP contribution in [0.1, 0.15) is 11.7 Å². The first kappa shape index (κ1) is 17.1. The number of imidazole rings is 2. The number of carbonyl (C=O) groups is 1. The van der Waals surface area contributed by atoms with Crippen LogP contribution >= 0.6 is 0 Å². The number of methoxy groups -OCH3 is 1. The van der Waals surface area contributed by atoms with Crippen LogP contribution in [-0.4, -0.2) is 42.6 Å². The molecule has 5 aromatic rings. The third-order valence-corrected chi connectivity index (χ3v) is 4.97. The molecule has 0 radical (unpaired) electrons. The molecule has 9 nitrogen and oxygen atoms in total. The molecule has 4 heterocycles. The zero-order chi connectivity index (χ0) is 20.0. The van der Waals surface area contributed by atoms with Crippen LogP contribution < -0.4 is 5.56 Å². The van der Waals surface area contributed by atoms with Crippen molar-refractivity contribution in [3.05, 3.63) is 65.1 Å². The summed E-state index contributed by atoms with van der Waals surface area (Å²) in [7, 11) is 1.30. The van der Waals surface area contributed by atoms with E-state index in [-0.39, 0.29) is 12.0 Å². The second-order valence-corrected chi connectivity index (χ2v) is 6.67. The summed E-state index contributed by atoms with van der Waals surface area (Å²) in [5.41, 5.74) is 3.21. The van der Waals surface area contributed by atoms with E-state index in [1.807, 2.05) is 6.07 Å². The molecular formula is C20H16N6O3. The van der Waals surface area contributed by atoms with Crippen LogP contribution in [0.25, 0.3) is 33.1 Å². The number of benzene rings is 1. The van der Waals surface area contributed by atoms with Gasteiger partial charge in [-0.2, -0.15) is 0 Å². The van der Waals surface area contributed by atoms with Gasteiger partial charge in [-0.05, 0) is 24.3 Å². The lowest BCUT2D eigenvalue weighted by Gasteiger charge is -2.17. The number of hydrogen-bond acceptors (Lipinski definition) is 6. The van der Waals surface area contributed by atoms with Crippen LogP contribution in [0.2, 0.25) is 0 Å². The highest BCUT2D eigenvalue weighted by atomic mass is 16.5. The molecule has 4 aromatic heterocycles. The third kappa shape index (κ3) is 2.75. The molecule has 0 saturated heterocycles. The number of nitrogens with one attached hydrogen (secondary N) is 2. The van der Waals surface area contributed by atoms with Gasteiger partial charge >= 0.3 is 5.97 Å². The first-order valence-electron chi connectivity index (χ1n) is 9.00. The molecular weight excluding hydrogens is 372 g/mol. The number of fused-ring (bicyclic) bond motifs is 4. The van der Waals surface area contributed by atoms with Crippen LogP contribution in [0.4, 0.5) is 0 Å². The molecule has 0 fully saturated rings. The number of carbonyl (C=O) groups excluding carboxylic acids is 1. The smallest absolute Gasteiger partial charge is 0.329 e. The summed E-state index contributed by atoms with van der Waals surface area (Å²) in [4.78, 5) is 45.6. The summed E-state index contributed by atoms with van der Waals surface area (Å²) in [6.07, 6.45) is 5.00. The minimum absolute atomic E-state index is 0.195. The lowest BCUT2D eigenvalue weighted by atomic mass is 10.1. The Labute approximate surface area is 163 Å². The van der Waals surface area contributed by atoms with E-state index in [1.165, 1.54) is 18.0 Å². The number of rotatable bonds is 4. The molecule has 0 aliphatic heterocycles. The third-order valence-electron chi connectivity index (χ3n) is 4.97.